The zero-order valence-electron chi connectivity index (χ0n) is 6.93. The molecule has 4 N–H and O–H groups in total. The molecule has 7 nitrogen and oxygen atoms in total. The van der Waals surface area contributed by atoms with Gasteiger partial charge in [-0.2, -0.15) is 0 Å². The first kappa shape index (κ1) is 11.8. The Kier molecular flexibility index (Phi) is 5.77. The monoisotopic (exact) mass is 192 g/mol. The first-order valence-corrected chi connectivity index (χ1v) is 3.58. The molecule has 13 heavy (non-hydrogen) atoms. The molecule has 7 heteroatoms. The quantitative estimate of drug-likeness (QED) is 0.282. The Morgan fingerprint density at radius 2 is 1.92 bits per heavy atom. The van der Waals surface area contributed by atoms with E-state index >= 15 is 0 Å². The van der Waals surface area contributed by atoms with Crippen LogP contribution in [0.3, 0.4) is 0 Å². The second-order valence-corrected chi connectivity index (χ2v) is 2.36. The Balaban J connectivity index is 3.93. The van der Waals surface area contributed by atoms with Crippen LogP contribution >= 0.6 is 0 Å². The number of aliphatic carboxylic acids is 1. The van der Waals surface area contributed by atoms with Crippen molar-refractivity contribution in [3.05, 3.63) is 0 Å². The maximum Gasteiger partial charge on any atom is 0.317 e. The van der Waals surface area contributed by atoms with E-state index in [9.17, 15) is 9.59 Å². The number of hydroxylamine groups is 1. The normalized spacial score (nSPS) is 10.1. The van der Waals surface area contributed by atoms with Crippen molar-refractivity contribution < 1.29 is 25.0 Å². The third-order valence-electron chi connectivity index (χ3n) is 1.27. The standard InChI is InChI=1S/C6H12N2O5/c9-2-1-8(4-6(11)12)3-5(10)7-13/h9,13H,1-4H2,(H,7,10)(H,11,12). The lowest BCUT2D eigenvalue weighted by Gasteiger charge is -2.16. The molecule has 0 aromatic heterocycles. The number of nitrogens with one attached hydrogen (secondary N) is 1. The molecule has 0 radical (unpaired) electrons. The number of hydrogen-bond acceptors (Lipinski definition) is 5. The summed E-state index contributed by atoms with van der Waals surface area (Å²) >= 11 is 0. The van der Waals surface area contributed by atoms with Crippen LogP contribution in [0, 0.1) is 0 Å². The van der Waals surface area contributed by atoms with Gasteiger partial charge in [0.2, 0.25) is 0 Å². The fourth-order valence-corrected chi connectivity index (χ4v) is 0.785. The van der Waals surface area contributed by atoms with Crippen molar-refractivity contribution in [1.29, 1.82) is 0 Å². The van der Waals surface area contributed by atoms with Crippen molar-refractivity contribution in [1.82, 2.24) is 10.4 Å². The van der Waals surface area contributed by atoms with E-state index in [-0.39, 0.29) is 26.2 Å². The molecular formula is C6H12N2O5. The molecule has 76 valence electrons. The lowest BCUT2D eigenvalue weighted by Crippen LogP contribution is -2.40. The molecule has 0 saturated heterocycles. The Hall–Kier alpha value is -1.18. The fourth-order valence-electron chi connectivity index (χ4n) is 0.785. The van der Waals surface area contributed by atoms with Crippen molar-refractivity contribution in [3.8, 4) is 0 Å². The van der Waals surface area contributed by atoms with Gasteiger partial charge in [0.05, 0.1) is 19.7 Å². The van der Waals surface area contributed by atoms with Gasteiger partial charge in [0.1, 0.15) is 0 Å². The number of nitrogens with zero attached hydrogens (tertiary/aromatic N) is 1. The van der Waals surface area contributed by atoms with Crippen LogP contribution in [0.4, 0.5) is 0 Å². The first-order chi connectivity index (χ1) is 6.10. The van der Waals surface area contributed by atoms with E-state index in [1.807, 2.05) is 0 Å². The SMILES string of the molecule is O=C(O)CN(CCO)CC(=O)NO. The summed E-state index contributed by atoms with van der Waals surface area (Å²) in [7, 11) is 0. The molecule has 0 bridgehead atoms. The number of hydrogen-bond donors (Lipinski definition) is 4. The highest BCUT2D eigenvalue weighted by Gasteiger charge is 2.12. The highest BCUT2D eigenvalue weighted by atomic mass is 16.5. The first-order valence-electron chi connectivity index (χ1n) is 3.58. The minimum absolute atomic E-state index is 0.0692. The topological polar surface area (TPSA) is 110 Å². The number of carbonyl (C=O) groups excluding carboxylic acids is 1. The molecule has 0 heterocycles. The number of amides is 1. The van der Waals surface area contributed by atoms with Gasteiger partial charge in [0.15, 0.2) is 0 Å². The maximum absolute atomic E-state index is 10.6. The zero-order valence-corrected chi connectivity index (χ0v) is 6.93. The van der Waals surface area contributed by atoms with Gasteiger partial charge in [-0.1, -0.05) is 0 Å². The lowest BCUT2D eigenvalue weighted by atomic mass is 10.4. The van der Waals surface area contributed by atoms with E-state index in [1.165, 1.54) is 10.4 Å². The summed E-state index contributed by atoms with van der Waals surface area (Å²) in [5, 5.41) is 25.0. The van der Waals surface area contributed by atoms with Gasteiger partial charge in [-0.25, -0.2) is 5.48 Å². The van der Waals surface area contributed by atoms with Gasteiger partial charge in [0, 0.05) is 6.54 Å². The van der Waals surface area contributed by atoms with Crippen LogP contribution in [-0.4, -0.2) is 58.4 Å². The average molecular weight is 192 g/mol. The highest BCUT2D eigenvalue weighted by Crippen LogP contribution is 1.86. The van der Waals surface area contributed by atoms with Crippen LogP contribution in [0.5, 0.6) is 0 Å². The molecule has 0 fully saturated rings. The van der Waals surface area contributed by atoms with Crippen LogP contribution in [-0.2, 0) is 9.59 Å². The van der Waals surface area contributed by atoms with Crippen LogP contribution < -0.4 is 5.48 Å². The molecule has 0 rings (SSSR count). The average Bonchev–Trinajstić information content (AvgIpc) is 2.03. The van der Waals surface area contributed by atoms with Crippen molar-refractivity contribution in [3.63, 3.8) is 0 Å². The van der Waals surface area contributed by atoms with E-state index in [0.29, 0.717) is 0 Å². The molecule has 1 amide bonds. The largest absolute Gasteiger partial charge is 0.480 e. The van der Waals surface area contributed by atoms with Crippen molar-refractivity contribution in [2.75, 3.05) is 26.2 Å². The second-order valence-electron chi connectivity index (χ2n) is 2.36. The summed E-state index contributed by atoms with van der Waals surface area (Å²) in [4.78, 5) is 22.0. The molecule has 0 spiro atoms. The number of carbonyl (C=O) groups is 2. The molecule has 0 aliphatic carbocycles. The minimum Gasteiger partial charge on any atom is -0.480 e. The third kappa shape index (κ3) is 6.02. The van der Waals surface area contributed by atoms with Gasteiger partial charge >= 0.3 is 5.97 Å². The Morgan fingerprint density at radius 1 is 1.31 bits per heavy atom. The van der Waals surface area contributed by atoms with Crippen molar-refractivity contribution in [2.24, 2.45) is 0 Å². The second kappa shape index (κ2) is 6.35. The van der Waals surface area contributed by atoms with E-state index in [4.69, 9.17) is 15.4 Å². The van der Waals surface area contributed by atoms with Gasteiger partial charge in [-0.15, -0.1) is 0 Å². The van der Waals surface area contributed by atoms with Gasteiger partial charge in [-0.3, -0.25) is 19.7 Å². The summed E-state index contributed by atoms with van der Waals surface area (Å²) in [6.45, 7) is -0.789. The van der Waals surface area contributed by atoms with E-state index in [2.05, 4.69) is 0 Å². The zero-order chi connectivity index (χ0) is 10.3. The third-order valence-corrected chi connectivity index (χ3v) is 1.27. The minimum atomic E-state index is -1.10. The summed E-state index contributed by atoms with van der Waals surface area (Å²) in [6, 6.07) is 0. The Morgan fingerprint density at radius 3 is 2.31 bits per heavy atom. The summed E-state index contributed by atoms with van der Waals surface area (Å²) < 4.78 is 0. The predicted molar refractivity (Wildman–Crippen MR) is 41.1 cm³/mol. The predicted octanol–water partition coefficient (Wildman–Crippen LogP) is -2.13. The molecule has 0 aromatic rings. The van der Waals surface area contributed by atoms with Crippen LogP contribution in [0.2, 0.25) is 0 Å². The van der Waals surface area contributed by atoms with E-state index in [0.717, 1.165) is 0 Å². The van der Waals surface area contributed by atoms with Gasteiger partial charge in [-0.05, 0) is 0 Å². The van der Waals surface area contributed by atoms with Crippen molar-refractivity contribution in [2.45, 2.75) is 0 Å². The number of carboxylic acid groups (broad SMARTS) is 1. The molecule has 0 aromatic carbocycles. The van der Waals surface area contributed by atoms with Crippen molar-refractivity contribution >= 4 is 11.9 Å². The van der Waals surface area contributed by atoms with Crippen LogP contribution in [0.25, 0.3) is 0 Å². The summed E-state index contributed by atoms with van der Waals surface area (Å²) in [5.74, 6) is -1.81. The van der Waals surface area contributed by atoms with Gasteiger partial charge < -0.3 is 10.2 Å². The Labute approximate surface area is 74.5 Å². The van der Waals surface area contributed by atoms with E-state index in [1.54, 1.807) is 0 Å². The van der Waals surface area contributed by atoms with Crippen LogP contribution in [0.15, 0.2) is 0 Å². The smallest absolute Gasteiger partial charge is 0.317 e. The molecule has 0 aliphatic heterocycles. The highest BCUT2D eigenvalue weighted by molar-refractivity contribution is 5.77. The molecule has 0 atom stereocenters. The number of carboxylic acids is 1. The molecule has 0 unspecified atom stereocenters. The summed E-state index contributed by atoms with van der Waals surface area (Å²) in [6.07, 6.45) is 0. The molecule has 0 saturated carbocycles. The maximum atomic E-state index is 10.6. The molecule has 0 aliphatic rings. The van der Waals surface area contributed by atoms with Gasteiger partial charge in [0.25, 0.3) is 5.91 Å². The van der Waals surface area contributed by atoms with Crippen LogP contribution in [0.1, 0.15) is 0 Å². The Bertz CT molecular complexity index is 184. The molecular weight excluding hydrogens is 180 g/mol. The van der Waals surface area contributed by atoms with E-state index < -0.39 is 11.9 Å². The fraction of sp³-hybridized carbons (Fsp3) is 0.667. The summed E-state index contributed by atoms with van der Waals surface area (Å²) in [5.41, 5.74) is 1.37. The number of rotatable bonds is 6. The lowest BCUT2D eigenvalue weighted by molar-refractivity contribution is -0.139. The number of aliphatic hydroxyl groups excluding tert-OH is 1. The number of aliphatic hydroxyl groups is 1.